The molecule has 17 heavy (non-hydrogen) atoms. The first-order valence-electron chi connectivity index (χ1n) is 5.12. The number of aliphatic carboxylic acids is 1. The van der Waals surface area contributed by atoms with Gasteiger partial charge in [0.25, 0.3) is 0 Å². The normalized spacial score (nSPS) is 15.6. The van der Waals surface area contributed by atoms with E-state index in [4.69, 9.17) is 20.0 Å². The monoisotopic (exact) mass is 286 g/mol. The van der Waals surface area contributed by atoms with Crippen LogP contribution in [0.4, 0.5) is 0 Å². The smallest absolute Gasteiger partial charge is 0.355 e. The molecule has 0 aliphatic heterocycles. The maximum Gasteiger partial charge on any atom is 0.355 e. The van der Waals surface area contributed by atoms with Gasteiger partial charge in [-0.25, -0.2) is 0 Å². The fraction of sp³-hybridized carbons (Fsp3) is 0.900. The largest absolute Gasteiger partial charge is 0.481 e. The molecule has 0 bridgehead atoms. The lowest BCUT2D eigenvalue weighted by atomic mass is 9.77. The molecule has 7 heteroatoms. The van der Waals surface area contributed by atoms with Gasteiger partial charge in [-0.2, -0.15) is 8.42 Å². The number of rotatable bonds is 5. The summed E-state index contributed by atoms with van der Waals surface area (Å²) in [6.45, 7) is 8.41. The molecule has 0 aromatic carbocycles. The second-order valence-electron chi connectivity index (χ2n) is 5.77. The van der Waals surface area contributed by atoms with Gasteiger partial charge in [0.1, 0.15) is 0 Å². The SMILES string of the molecule is CC(C)(C)CC(OS(=O)(=O)Cl)C(C)(C)C(=O)O. The van der Waals surface area contributed by atoms with Crippen LogP contribution in [0.15, 0.2) is 0 Å². The molecule has 1 N–H and O–H groups in total. The van der Waals surface area contributed by atoms with Crippen molar-refractivity contribution in [2.45, 2.75) is 47.1 Å². The van der Waals surface area contributed by atoms with Crippen molar-refractivity contribution < 1.29 is 22.5 Å². The van der Waals surface area contributed by atoms with Crippen molar-refractivity contribution in [3.8, 4) is 0 Å². The second kappa shape index (κ2) is 5.12. The molecule has 0 heterocycles. The molecule has 0 saturated heterocycles. The highest BCUT2D eigenvalue weighted by atomic mass is 35.7. The van der Waals surface area contributed by atoms with E-state index in [-0.39, 0.29) is 11.8 Å². The minimum absolute atomic E-state index is 0.262. The summed E-state index contributed by atoms with van der Waals surface area (Å²) in [6, 6.07) is 0. The summed E-state index contributed by atoms with van der Waals surface area (Å²) in [6.07, 6.45) is -0.749. The minimum atomic E-state index is -4.20. The molecule has 0 radical (unpaired) electrons. The molecule has 0 spiro atoms. The van der Waals surface area contributed by atoms with Crippen LogP contribution in [0.5, 0.6) is 0 Å². The van der Waals surface area contributed by atoms with Gasteiger partial charge in [-0.05, 0) is 25.7 Å². The summed E-state index contributed by atoms with van der Waals surface area (Å²) in [5, 5.41) is 9.09. The molecule has 0 aliphatic rings. The zero-order chi connectivity index (χ0) is 14.1. The van der Waals surface area contributed by atoms with E-state index in [0.717, 1.165) is 0 Å². The van der Waals surface area contributed by atoms with Crippen LogP contribution in [0, 0.1) is 10.8 Å². The number of hydrogen-bond donors (Lipinski definition) is 1. The summed E-state index contributed by atoms with van der Waals surface area (Å²) >= 11 is 0. The van der Waals surface area contributed by atoms with E-state index in [0.29, 0.717) is 0 Å². The van der Waals surface area contributed by atoms with Crippen molar-refractivity contribution in [3.63, 3.8) is 0 Å². The molecular weight excluding hydrogens is 268 g/mol. The summed E-state index contributed by atoms with van der Waals surface area (Å²) in [5.74, 6) is -1.13. The van der Waals surface area contributed by atoms with Crippen LogP contribution in [0.2, 0.25) is 0 Å². The van der Waals surface area contributed by atoms with Crippen LogP contribution in [-0.4, -0.2) is 25.6 Å². The molecule has 0 rings (SSSR count). The molecular formula is C10H19ClO5S. The van der Waals surface area contributed by atoms with Crippen LogP contribution in [0.3, 0.4) is 0 Å². The molecule has 0 amide bonds. The third-order valence-electron chi connectivity index (χ3n) is 2.39. The Balaban J connectivity index is 5.19. The Kier molecular flexibility index (Phi) is 5.02. The van der Waals surface area contributed by atoms with E-state index in [1.807, 2.05) is 20.8 Å². The fourth-order valence-corrected chi connectivity index (χ4v) is 2.09. The van der Waals surface area contributed by atoms with Crippen molar-refractivity contribution in [2.75, 3.05) is 0 Å². The minimum Gasteiger partial charge on any atom is -0.481 e. The molecule has 0 aromatic rings. The first-order chi connectivity index (χ1) is 7.26. The third kappa shape index (κ3) is 6.24. The van der Waals surface area contributed by atoms with E-state index in [9.17, 15) is 13.2 Å². The molecule has 5 nitrogen and oxygen atoms in total. The lowest BCUT2D eigenvalue weighted by Crippen LogP contribution is -2.41. The van der Waals surface area contributed by atoms with Crippen molar-refractivity contribution in [2.24, 2.45) is 10.8 Å². The van der Waals surface area contributed by atoms with Gasteiger partial charge in [-0.3, -0.25) is 8.98 Å². The Bertz CT molecular complexity index is 380. The fourth-order valence-electron chi connectivity index (χ4n) is 1.24. The highest BCUT2D eigenvalue weighted by Crippen LogP contribution is 2.34. The topological polar surface area (TPSA) is 80.7 Å². The van der Waals surface area contributed by atoms with Gasteiger partial charge in [0.2, 0.25) is 0 Å². The highest BCUT2D eigenvalue weighted by molar-refractivity contribution is 8.10. The van der Waals surface area contributed by atoms with Crippen molar-refractivity contribution in [1.82, 2.24) is 0 Å². The van der Waals surface area contributed by atoms with Gasteiger partial charge < -0.3 is 5.11 Å². The Morgan fingerprint density at radius 3 is 1.94 bits per heavy atom. The van der Waals surface area contributed by atoms with Crippen molar-refractivity contribution >= 4 is 26.0 Å². The Labute approximate surface area is 107 Å². The predicted octanol–water partition coefficient (Wildman–Crippen LogP) is 2.40. The predicted molar refractivity (Wildman–Crippen MR) is 65.1 cm³/mol. The first kappa shape index (κ1) is 16.7. The van der Waals surface area contributed by atoms with E-state index in [1.165, 1.54) is 13.8 Å². The maximum absolute atomic E-state index is 11.1. The number of carboxylic acid groups (broad SMARTS) is 1. The van der Waals surface area contributed by atoms with Crippen LogP contribution < -0.4 is 0 Å². The van der Waals surface area contributed by atoms with Gasteiger partial charge >= 0.3 is 15.3 Å². The summed E-state index contributed by atoms with van der Waals surface area (Å²) in [5.41, 5.74) is -1.62. The van der Waals surface area contributed by atoms with E-state index in [1.54, 1.807) is 0 Å². The Morgan fingerprint density at radius 1 is 1.29 bits per heavy atom. The standard InChI is InChI=1S/C10H19ClO5S/c1-9(2,3)6-7(16-17(11,14)15)10(4,5)8(12)13/h7H,6H2,1-5H3,(H,12,13). The first-order valence-corrected chi connectivity index (χ1v) is 7.35. The summed E-state index contributed by atoms with van der Waals surface area (Å²) < 4.78 is 26.6. The number of halogens is 1. The average Bonchev–Trinajstić information content (AvgIpc) is 1.96. The maximum atomic E-state index is 11.1. The zero-order valence-corrected chi connectivity index (χ0v) is 12.2. The molecule has 0 aromatic heterocycles. The van der Waals surface area contributed by atoms with Gasteiger partial charge in [0.05, 0.1) is 11.5 Å². The van der Waals surface area contributed by atoms with Crippen LogP contribution in [0.25, 0.3) is 0 Å². The van der Waals surface area contributed by atoms with Gasteiger partial charge in [0, 0.05) is 10.7 Å². The molecule has 102 valence electrons. The van der Waals surface area contributed by atoms with E-state index >= 15 is 0 Å². The third-order valence-corrected chi connectivity index (χ3v) is 3.07. The molecule has 0 aliphatic carbocycles. The van der Waals surface area contributed by atoms with Crippen LogP contribution in [-0.2, 0) is 18.3 Å². The highest BCUT2D eigenvalue weighted by Gasteiger charge is 2.42. The molecule has 0 saturated carbocycles. The molecule has 1 atom stereocenters. The number of hydrogen-bond acceptors (Lipinski definition) is 4. The molecule has 1 unspecified atom stereocenters. The molecule has 0 fully saturated rings. The summed E-state index contributed by atoms with van der Waals surface area (Å²) in [4.78, 5) is 11.1. The Hall–Kier alpha value is -0.330. The van der Waals surface area contributed by atoms with Crippen LogP contribution in [0.1, 0.15) is 41.0 Å². The lowest BCUT2D eigenvalue weighted by Gasteiger charge is -2.33. The van der Waals surface area contributed by atoms with Crippen LogP contribution >= 0.6 is 10.7 Å². The van der Waals surface area contributed by atoms with Gasteiger partial charge in [-0.1, -0.05) is 20.8 Å². The average molecular weight is 287 g/mol. The number of carbonyl (C=O) groups is 1. The quantitative estimate of drug-likeness (QED) is 0.785. The second-order valence-corrected chi connectivity index (χ2v) is 7.88. The Morgan fingerprint density at radius 2 is 1.71 bits per heavy atom. The number of carboxylic acids is 1. The van der Waals surface area contributed by atoms with Gasteiger partial charge in [0.15, 0.2) is 0 Å². The van der Waals surface area contributed by atoms with Crippen molar-refractivity contribution in [3.05, 3.63) is 0 Å². The zero-order valence-electron chi connectivity index (χ0n) is 10.7. The summed E-state index contributed by atoms with van der Waals surface area (Å²) in [7, 11) is 0.821. The van der Waals surface area contributed by atoms with Crippen molar-refractivity contribution in [1.29, 1.82) is 0 Å². The van der Waals surface area contributed by atoms with E-state index < -0.39 is 26.8 Å². The van der Waals surface area contributed by atoms with E-state index in [2.05, 4.69) is 0 Å². The lowest BCUT2D eigenvalue weighted by molar-refractivity contribution is -0.153. The van der Waals surface area contributed by atoms with Gasteiger partial charge in [-0.15, -0.1) is 0 Å².